The van der Waals surface area contributed by atoms with E-state index in [-0.39, 0.29) is 5.91 Å². The molecule has 5 nitrogen and oxygen atoms in total. The Kier molecular flexibility index (Phi) is 3.64. The number of hydrogen-bond acceptors (Lipinski definition) is 4. The lowest BCUT2D eigenvalue weighted by Gasteiger charge is -1.97. The molecule has 0 saturated heterocycles. The van der Waals surface area contributed by atoms with Crippen molar-refractivity contribution in [2.24, 2.45) is 0 Å². The van der Waals surface area contributed by atoms with E-state index in [1.54, 1.807) is 0 Å². The van der Waals surface area contributed by atoms with Gasteiger partial charge in [-0.1, -0.05) is 0 Å². The fourth-order valence-electron chi connectivity index (χ4n) is 1.14. The van der Waals surface area contributed by atoms with Gasteiger partial charge in [-0.2, -0.15) is 5.10 Å². The molecule has 0 saturated carbocycles. The highest BCUT2D eigenvalue weighted by atomic mass is 79.9. The molecule has 90 valence electrons. The third-order valence-electron chi connectivity index (χ3n) is 2.13. The Hall–Kier alpha value is -0.730. The molecule has 0 fully saturated rings. The molecule has 8 heteroatoms. The van der Waals surface area contributed by atoms with Gasteiger partial charge in [-0.15, -0.1) is 11.3 Å². The summed E-state index contributed by atoms with van der Waals surface area (Å²) in [5.41, 5.74) is 1.22. The quantitative estimate of drug-likeness (QED) is 0.841. The molecule has 1 amide bonds. The number of aromatic amines is 1. The van der Waals surface area contributed by atoms with E-state index in [9.17, 15) is 4.79 Å². The van der Waals surface area contributed by atoms with Crippen molar-refractivity contribution in [3.63, 3.8) is 0 Å². The molecule has 0 aliphatic heterocycles. The molecule has 0 aliphatic carbocycles. The minimum Gasteiger partial charge on any atom is -0.296 e. The summed E-state index contributed by atoms with van der Waals surface area (Å²) in [5.74, 6) is -0.299. The van der Waals surface area contributed by atoms with Crippen LogP contribution in [0, 0.1) is 13.8 Å². The van der Waals surface area contributed by atoms with Crippen molar-refractivity contribution in [3.8, 4) is 0 Å². The van der Waals surface area contributed by atoms with Crippen molar-refractivity contribution >= 4 is 54.2 Å². The Balaban J connectivity index is 2.20. The number of nitrogens with one attached hydrogen (secondary N) is 2. The van der Waals surface area contributed by atoms with Crippen molar-refractivity contribution in [1.29, 1.82) is 0 Å². The summed E-state index contributed by atoms with van der Waals surface area (Å²) in [4.78, 5) is 17.2. The molecule has 0 atom stereocenters. The first-order valence-electron chi connectivity index (χ1n) is 4.63. The largest absolute Gasteiger partial charge is 0.296 e. The van der Waals surface area contributed by atoms with Gasteiger partial charge in [-0.05, 0) is 45.7 Å². The van der Waals surface area contributed by atoms with Gasteiger partial charge in [0.05, 0.1) is 10.2 Å². The molecule has 0 spiro atoms. The minimum atomic E-state index is -0.299. The summed E-state index contributed by atoms with van der Waals surface area (Å²) in [7, 11) is 0. The van der Waals surface area contributed by atoms with Gasteiger partial charge < -0.3 is 0 Å². The number of H-pyrrole nitrogens is 1. The van der Waals surface area contributed by atoms with E-state index in [0.717, 1.165) is 10.6 Å². The SMILES string of the molecule is Cc1nc(NC(=O)c2n[nH]c(Br)c2Br)sc1C. The van der Waals surface area contributed by atoms with Crippen LogP contribution in [0.15, 0.2) is 9.08 Å². The number of aromatic nitrogens is 3. The van der Waals surface area contributed by atoms with Crippen LogP contribution in [0.25, 0.3) is 0 Å². The maximum Gasteiger partial charge on any atom is 0.279 e. The van der Waals surface area contributed by atoms with Crippen molar-refractivity contribution in [1.82, 2.24) is 15.2 Å². The van der Waals surface area contributed by atoms with Crippen LogP contribution in [0.3, 0.4) is 0 Å². The highest BCUT2D eigenvalue weighted by Gasteiger charge is 2.17. The number of thiazole rings is 1. The number of amides is 1. The average Bonchev–Trinajstić information content (AvgIpc) is 2.73. The lowest BCUT2D eigenvalue weighted by molar-refractivity contribution is 0.102. The summed E-state index contributed by atoms with van der Waals surface area (Å²) in [5, 5.41) is 9.84. The molecular weight excluding hydrogens is 372 g/mol. The van der Waals surface area contributed by atoms with E-state index in [1.807, 2.05) is 13.8 Å². The Morgan fingerprint density at radius 3 is 2.59 bits per heavy atom. The predicted molar refractivity (Wildman–Crippen MR) is 73.5 cm³/mol. The number of carbonyl (C=O) groups excluding carboxylic acids is 1. The van der Waals surface area contributed by atoms with Crippen LogP contribution in [0.2, 0.25) is 0 Å². The van der Waals surface area contributed by atoms with Gasteiger partial charge in [-0.25, -0.2) is 4.98 Å². The Labute approximate surface area is 118 Å². The summed E-state index contributed by atoms with van der Waals surface area (Å²) in [6.45, 7) is 3.87. The van der Waals surface area contributed by atoms with Gasteiger partial charge in [-0.3, -0.25) is 15.2 Å². The number of carbonyl (C=O) groups is 1. The minimum absolute atomic E-state index is 0.294. The lowest BCUT2D eigenvalue weighted by Crippen LogP contribution is -2.12. The van der Waals surface area contributed by atoms with Crippen LogP contribution in [-0.4, -0.2) is 21.1 Å². The number of rotatable bonds is 2. The van der Waals surface area contributed by atoms with Gasteiger partial charge in [0.1, 0.15) is 4.60 Å². The predicted octanol–water partition coefficient (Wildman–Crippen LogP) is 3.26. The zero-order valence-electron chi connectivity index (χ0n) is 8.97. The maximum atomic E-state index is 11.9. The molecule has 2 rings (SSSR count). The highest BCUT2D eigenvalue weighted by Crippen LogP contribution is 2.26. The molecule has 2 aromatic heterocycles. The normalized spacial score (nSPS) is 10.6. The topological polar surface area (TPSA) is 70.7 Å². The van der Waals surface area contributed by atoms with E-state index in [1.165, 1.54) is 11.3 Å². The second-order valence-corrected chi connectivity index (χ2v) is 6.10. The summed E-state index contributed by atoms with van der Waals surface area (Å²) in [6.07, 6.45) is 0. The van der Waals surface area contributed by atoms with Gasteiger partial charge in [0.2, 0.25) is 0 Å². The number of nitrogens with zero attached hydrogens (tertiary/aromatic N) is 2. The van der Waals surface area contributed by atoms with Crippen LogP contribution in [0.5, 0.6) is 0 Å². The number of hydrogen-bond donors (Lipinski definition) is 2. The molecule has 2 heterocycles. The third-order valence-corrected chi connectivity index (χ3v) is 5.00. The average molecular weight is 380 g/mol. The first kappa shape index (κ1) is 12.7. The number of aryl methyl sites for hydroxylation is 2. The fourth-order valence-corrected chi connectivity index (χ4v) is 2.58. The molecule has 0 aliphatic rings. The van der Waals surface area contributed by atoms with E-state index >= 15 is 0 Å². The highest BCUT2D eigenvalue weighted by molar-refractivity contribution is 9.13. The van der Waals surface area contributed by atoms with E-state index in [2.05, 4.69) is 52.4 Å². The van der Waals surface area contributed by atoms with Crippen LogP contribution in [-0.2, 0) is 0 Å². The van der Waals surface area contributed by atoms with Crippen molar-refractivity contribution in [2.75, 3.05) is 5.32 Å². The van der Waals surface area contributed by atoms with Crippen LogP contribution in [0.4, 0.5) is 5.13 Å². The van der Waals surface area contributed by atoms with Crippen LogP contribution < -0.4 is 5.32 Å². The summed E-state index contributed by atoms with van der Waals surface area (Å²) >= 11 is 7.93. The fraction of sp³-hybridized carbons (Fsp3) is 0.222. The van der Waals surface area contributed by atoms with Gasteiger partial charge in [0.25, 0.3) is 5.91 Å². The molecule has 17 heavy (non-hydrogen) atoms. The smallest absolute Gasteiger partial charge is 0.279 e. The molecular formula is C9H8Br2N4OS. The lowest BCUT2D eigenvalue weighted by atomic mass is 10.4. The number of halogens is 2. The Morgan fingerprint density at radius 2 is 2.12 bits per heavy atom. The third kappa shape index (κ3) is 2.58. The molecule has 2 aromatic rings. The Morgan fingerprint density at radius 1 is 1.41 bits per heavy atom. The van der Waals surface area contributed by atoms with Crippen molar-refractivity contribution < 1.29 is 4.79 Å². The monoisotopic (exact) mass is 378 g/mol. The van der Waals surface area contributed by atoms with Crippen LogP contribution >= 0.6 is 43.2 Å². The van der Waals surface area contributed by atoms with Gasteiger partial charge in [0, 0.05) is 4.88 Å². The van der Waals surface area contributed by atoms with E-state index in [0.29, 0.717) is 19.9 Å². The molecule has 0 unspecified atom stereocenters. The second-order valence-electron chi connectivity index (χ2n) is 3.31. The van der Waals surface area contributed by atoms with E-state index < -0.39 is 0 Å². The zero-order valence-corrected chi connectivity index (χ0v) is 13.0. The first-order chi connectivity index (χ1) is 7.99. The van der Waals surface area contributed by atoms with Crippen molar-refractivity contribution in [3.05, 3.63) is 25.3 Å². The standard InChI is InChI=1S/C9H8Br2N4OS/c1-3-4(2)17-9(12-3)13-8(16)6-5(10)7(11)15-14-6/h1-2H3,(H,14,15)(H,12,13,16). The first-order valence-corrected chi connectivity index (χ1v) is 7.04. The second kappa shape index (κ2) is 4.87. The van der Waals surface area contributed by atoms with E-state index in [4.69, 9.17) is 0 Å². The summed E-state index contributed by atoms with van der Waals surface area (Å²) in [6, 6.07) is 0. The van der Waals surface area contributed by atoms with Crippen molar-refractivity contribution in [2.45, 2.75) is 13.8 Å². The molecule has 0 radical (unpaired) electrons. The number of anilines is 1. The molecule has 0 bridgehead atoms. The Bertz CT molecular complexity index is 558. The van der Waals surface area contributed by atoms with Gasteiger partial charge in [0.15, 0.2) is 10.8 Å². The molecule has 2 N–H and O–H groups in total. The summed E-state index contributed by atoms with van der Waals surface area (Å²) < 4.78 is 1.23. The van der Waals surface area contributed by atoms with Crippen LogP contribution in [0.1, 0.15) is 21.1 Å². The zero-order chi connectivity index (χ0) is 12.6. The molecule has 0 aromatic carbocycles. The maximum absolute atomic E-state index is 11.9. The van der Waals surface area contributed by atoms with Gasteiger partial charge >= 0.3 is 0 Å².